The molecule has 0 radical (unpaired) electrons. The van der Waals surface area contributed by atoms with Gasteiger partial charge in [0.15, 0.2) is 0 Å². The summed E-state index contributed by atoms with van der Waals surface area (Å²) in [5, 5.41) is 3.35. The van der Waals surface area contributed by atoms with Crippen LogP contribution in [-0.2, 0) is 0 Å². The van der Waals surface area contributed by atoms with Crippen LogP contribution in [0.3, 0.4) is 0 Å². The molecule has 2 rings (SSSR count). The number of nitrogens with zero attached hydrogens (tertiary/aromatic N) is 1. The second kappa shape index (κ2) is 7.73. The minimum Gasteiger partial charge on any atom is -0.320 e. The number of anilines is 1. The maximum absolute atomic E-state index is 12.7. The van der Waals surface area contributed by atoms with Crippen molar-refractivity contribution in [1.29, 1.82) is 0 Å². The molecule has 3 nitrogen and oxygen atoms in total. The molecule has 0 aliphatic carbocycles. The van der Waals surface area contributed by atoms with Crippen LogP contribution in [0.2, 0.25) is 15.1 Å². The lowest BCUT2D eigenvalue weighted by molar-refractivity contribution is 0.102. The van der Waals surface area contributed by atoms with E-state index in [0.29, 0.717) is 0 Å². The number of hydrogen-bond donors (Lipinski definition) is 1. The highest BCUT2D eigenvalue weighted by Crippen LogP contribution is 2.34. The number of carbonyl (C=O) groups excluding carboxylic acids is 1. The third-order valence-corrected chi connectivity index (χ3v) is 4.98. The summed E-state index contributed by atoms with van der Waals surface area (Å²) in [7, 11) is 0. The van der Waals surface area contributed by atoms with Gasteiger partial charge in [0, 0.05) is 11.9 Å². The fraction of sp³-hybridized carbons (Fsp3) is 0.333. The minimum atomic E-state index is -0.409. The van der Waals surface area contributed by atoms with Crippen molar-refractivity contribution in [2.24, 2.45) is 0 Å². The third-order valence-electron chi connectivity index (χ3n) is 3.74. The molecule has 1 aromatic heterocycles. The highest BCUT2D eigenvalue weighted by Gasteiger charge is 2.21. The van der Waals surface area contributed by atoms with Crippen LogP contribution in [0.25, 0.3) is 0 Å². The van der Waals surface area contributed by atoms with Gasteiger partial charge in [-0.15, -0.1) is 0 Å². The number of aromatic nitrogens is 1. The first-order valence-electron chi connectivity index (χ1n) is 7.67. The molecule has 0 spiro atoms. The van der Waals surface area contributed by atoms with Gasteiger partial charge in [0.2, 0.25) is 0 Å². The van der Waals surface area contributed by atoms with E-state index < -0.39 is 5.91 Å². The van der Waals surface area contributed by atoms with Crippen LogP contribution >= 0.6 is 34.8 Å². The van der Waals surface area contributed by atoms with Crippen molar-refractivity contribution in [3.8, 4) is 0 Å². The first-order valence-corrected chi connectivity index (χ1v) is 8.81. The van der Waals surface area contributed by atoms with E-state index in [1.165, 1.54) is 6.20 Å². The third kappa shape index (κ3) is 3.85. The fourth-order valence-electron chi connectivity index (χ4n) is 2.47. The molecular formula is C18H19Cl3N2O. The zero-order valence-electron chi connectivity index (χ0n) is 14.0. The van der Waals surface area contributed by atoms with Gasteiger partial charge in [0.25, 0.3) is 5.91 Å². The van der Waals surface area contributed by atoms with Crippen molar-refractivity contribution in [3.05, 3.63) is 56.3 Å². The van der Waals surface area contributed by atoms with E-state index in [4.69, 9.17) is 34.8 Å². The summed E-state index contributed by atoms with van der Waals surface area (Å²) in [6.07, 6.45) is 1.32. The van der Waals surface area contributed by atoms with Crippen molar-refractivity contribution < 1.29 is 4.79 Å². The molecule has 0 fully saturated rings. The van der Waals surface area contributed by atoms with Gasteiger partial charge in [-0.25, -0.2) is 4.98 Å². The Morgan fingerprint density at radius 3 is 2.04 bits per heavy atom. The summed E-state index contributed by atoms with van der Waals surface area (Å²) in [4.78, 5) is 16.7. The van der Waals surface area contributed by atoms with Crippen molar-refractivity contribution in [2.45, 2.75) is 39.5 Å². The predicted molar refractivity (Wildman–Crippen MR) is 102 cm³/mol. The van der Waals surface area contributed by atoms with Gasteiger partial charge in [-0.05, 0) is 23.0 Å². The first-order chi connectivity index (χ1) is 11.2. The molecule has 0 atom stereocenters. The number of rotatable bonds is 4. The lowest BCUT2D eigenvalue weighted by atomic mass is 9.92. The average Bonchev–Trinajstić information content (AvgIpc) is 2.52. The van der Waals surface area contributed by atoms with E-state index in [2.05, 4.69) is 38.0 Å². The molecule has 24 heavy (non-hydrogen) atoms. The monoisotopic (exact) mass is 384 g/mol. The second-order valence-corrected chi connectivity index (χ2v) is 7.32. The van der Waals surface area contributed by atoms with Gasteiger partial charge in [-0.2, -0.15) is 0 Å². The molecule has 0 saturated heterocycles. The number of hydrogen-bond acceptors (Lipinski definition) is 2. The molecule has 0 aliphatic heterocycles. The summed E-state index contributed by atoms with van der Waals surface area (Å²) in [5.74, 6) is 0.112. The Bertz CT molecular complexity index is 747. The van der Waals surface area contributed by atoms with Crippen LogP contribution in [0.5, 0.6) is 0 Å². The molecule has 1 heterocycles. The normalized spacial score (nSPS) is 11.2. The number of pyridine rings is 1. The van der Waals surface area contributed by atoms with Crippen molar-refractivity contribution in [3.63, 3.8) is 0 Å². The Balaban J connectivity index is 2.48. The lowest BCUT2D eigenvalue weighted by Crippen LogP contribution is -2.17. The summed E-state index contributed by atoms with van der Waals surface area (Å²) < 4.78 is 0. The Labute approximate surface area is 157 Å². The van der Waals surface area contributed by atoms with Crippen LogP contribution in [0, 0.1) is 0 Å². The zero-order valence-corrected chi connectivity index (χ0v) is 16.2. The SMILES string of the molecule is CC(C)c1cccc(C(C)C)c1NC(=O)c1ncc(Cl)c(Cl)c1Cl. The minimum absolute atomic E-state index is 0.0507. The number of benzene rings is 1. The Kier molecular flexibility index (Phi) is 6.13. The van der Waals surface area contributed by atoms with Crippen molar-refractivity contribution >= 4 is 46.4 Å². The largest absolute Gasteiger partial charge is 0.320 e. The average molecular weight is 386 g/mol. The molecule has 0 aliphatic rings. The highest BCUT2D eigenvalue weighted by molar-refractivity contribution is 6.49. The van der Waals surface area contributed by atoms with Gasteiger partial charge in [-0.3, -0.25) is 4.79 Å². The summed E-state index contributed by atoms with van der Waals surface area (Å²) in [6.45, 7) is 8.33. The molecule has 128 valence electrons. The molecule has 0 saturated carbocycles. The maximum Gasteiger partial charge on any atom is 0.275 e. The van der Waals surface area contributed by atoms with Crippen LogP contribution in [0.15, 0.2) is 24.4 Å². The lowest BCUT2D eigenvalue weighted by Gasteiger charge is -2.20. The molecule has 2 aromatic rings. The first kappa shape index (κ1) is 19.0. The number of nitrogens with one attached hydrogen (secondary N) is 1. The summed E-state index contributed by atoms with van der Waals surface area (Å²) >= 11 is 18.0. The van der Waals surface area contributed by atoms with Crippen LogP contribution in [-0.4, -0.2) is 10.9 Å². The standard InChI is InChI=1S/C18H19Cl3N2O/c1-9(2)11-6-5-7-12(10(3)4)16(11)23-18(24)17-15(21)14(20)13(19)8-22-17/h5-10H,1-4H3,(H,23,24). The molecule has 1 amide bonds. The Morgan fingerprint density at radius 2 is 1.54 bits per heavy atom. The van der Waals surface area contributed by atoms with E-state index in [-0.39, 0.29) is 32.6 Å². The maximum atomic E-state index is 12.7. The number of para-hydroxylation sites is 1. The predicted octanol–water partition coefficient (Wildman–Crippen LogP) is 6.54. The van der Waals surface area contributed by atoms with Crippen molar-refractivity contribution in [1.82, 2.24) is 4.98 Å². The Hall–Kier alpha value is -1.29. The molecule has 6 heteroatoms. The van der Waals surface area contributed by atoms with Gasteiger partial charge >= 0.3 is 0 Å². The van der Waals surface area contributed by atoms with Gasteiger partial charge in [0.05, 0.1) is 15.1 Å². The van der Waals surface area contributed by atoms with Crippen LogP contribution < -0.4 is 5.32 Å². The molecular weight excluding hydrogens is 367 g/mol. The summed E-state index contributed by atoms with van der Waals surface area (Å²) in [5.41, 5.74) is 2.98. The van der Waals surface area contributed by atoms with Crippen LogP contribution in [0.1, 0.15) is 61.1 Å². The quantitative estimate of drug-likeness (QED) is 0.649. The van der Waals surface area contributed by atoms with Gasteiger partial charge in [0.1, 0.15) is 5.69 Å². The molecule has 0 unspecified atom stereocenters. The zero-order chi connectivity index (χ0) is 18.0. The topological polar surface area (TPSA) is 42.0 Å². The summed E-state index contributed by atoms with van der Waals surface area (Å²) in [6, 6.07) is 6.02. The van der Waals surface area contributed by atoms with E-state index >= 15 is 0 Å². The number of halogens is 3. The van der Waals surface area contributed by atoms with Gasteiger partial charge < -0.3 is 5.32 Å². The second-order valence-electron chi connectivity index (χ2n) is 6.16. The number of amides is 1. The van der Waals surface area contributed by atoms with E-state index in [9.17, 15) is 4.79 Å². The fourth-order valence-corrected chi connectivity index (χ4v) is 3.04. The van der Waals surface area contributed by atoms with Crippen LogP contribution in [0.4, 0.5) is 5.69 Å². The van der Waals surface area contributed by atoms with E-state index in [1.54, 1.807) is 0 Å². The molecule has 1 N–H and O–H groups in total. The Morgan fingerprint density at radius 1 is 1.00 bits per heavy atom. The molecule has 1 aromatic carbocycles. The molecule has 0 bridgehead atoms. The van der Waals surface area contributed by atoms with Gasteiger partial charge in [-0.1, -0.05) is 80.7 Å². The highest BCUT2D eigenvalue weighted by atomic mass is 35.5. The van der Waals surface area contributed by atoms with E-state index in [1.807, 2.05) is 18.2 Å². The number of carbonyl (C=O) groups is 1. The smallest absolute Gasteiger partial charge is 0.275 e. The van der Waals surface area contributed by atoms with Crippen molar-refractivity contribution in [2.75, 3.05) is 5.32 Å². The van der Waals surface area contributed by atoms with E-state index in [0.717, 1.165) is 16.8 Å².